The van der Waals surface area contributed by atoms with Gasteiger partial charge in [-0.25, -0.2) is 14.0 Å². The molecule has 0 aliphatic carbocycles. The summed E-state index contributed by atoms with van der Waals surface area (Å²) in [5.41, 5.74) is -0.811. The van der Waals surface area contributed by atoms with Gasteiger partial charge >= 0.3 is 13.4 Å². The predicted molar refractivity (Wildman–Crippen MR) is 111 cm³/mol. The maximum atomic E-state index is 12.8. The van der Waals surface area contributed by atoms with Gasteiger partial charge in [-0.2, -0.15) is 4.98 Å². The molecule has 3 atom stereocenters. The standard InChI is InChI=1S/C15H25N4O6PS2/c1-11(20)27-8-7-23-26(22,18(3)4)24-9-14-25-13(10-28-14)19-6-5-12(16-2)17-15(19)21/h5-6,13-14H,7-10H2,1-4H3,(H,16,17,21)/t13-,14+,26?/m0/s1. The van der Waals surface area contributed by atoms with E-state index in [9.17, 15) is 14.2 Å². The van der Waals surface area contributed by atoms with Gasteiger partial charge in [0.25, 0.3) is 0 Å². The van der Waals surface area contributed by atoms with Gasteiger partial charge in [0.15, 0.2) is 5.12 Å². The Morgan fingerprint density at radius 1 is 1.54 bits per heavy atom. The van der Waals surface area contributed by atoms with Gasteiger partial charge in [-0.3, -0.25) is 18.4 Å². The van der Waals surface area contributed by atoms with E-state index in [2.05, 4.69) is 10.3 Å². The van der Waals surface area contributed by atoms with Crippen LogP contribution in [0.15, 0.2) is 17.1 Å². The third-order valence-electron chi connectivity index (χ3n) is 3.64. The topological polar surface area (TPSA) is 112 Å². The zero-order valence-corrected chi connectivity index (χ0v) is 18.7. The molecule has 2 heterocycles. The third-order valence-corrected chi connectivity index (χ3v) is 7.47. The lowest BCUT2D eigenvalue weighted by molar-refractivity contribution is -0.109. The Kier molecular flexibility index (Phi) is 9.00. The first-order chi connectivity index (χ1) is 13.2. The number of thioether (sulfide) groups is 2. The highest BCUT2D eigenvalue weighted by molar-refractivity contribution is 8.13. The van der Waals surface area contributed by atoms with Gasteiger partial charge in [0, 0.05) is 31.7 Å². The van der Waals surface area contributed by atoms with Crippen molar-refractivity contribution in [1.29, 1.82) is 0 Å². The number of hydrogen-bond donors (Lipinski definition) is 1. The molecular formula is C15H25N4O6PS2. The Morgan fingerprint density at radius 3 is 2.89 bits per heavy atom. The fourth-order valence-corrected chi connectivity index (χ4v) is 5.06. The van der Waals surface area contributed by atoms with E-state index in [0.29, 0.717) is 17.3 Å². The molecule has 0 spiro atoms. The average Bonchev–Trinajstić information content (AvgIpc) is 3.12. The number of carbonyl (C=O) groups excluding carboxylic acids is 1. The molecule has 1 aliphatic rings. The van der Waals surface area contributed by atoms with E-state index in [1.807, 2.05) is 0 Å². The van der Waals surface area contributed by atoms with Crippen molar-refractivity contribution in [2.24, 2.45) is 0 Å². The Balaban J connectivity index is 1.88. The van der Waals surface area contributed by atoms with Gasteiger partial charge in [-0.15, -0.1) is 11.8 Å². The first-order valence-corrected chi connectivity index (χ1v) is 12.0. The summed E-state index contributed by atoms with van der Waals surface area (Å²) >= 11 is 2.55. The van der Waals surface area contributed by atoms with Crippen LogP contribution in [-0.2, 0) is 23.1 Å². The van der Waals surface area contributed by atoms with Crippen LogP contribution in [0.3, 0.4) is 0 Å². The Labute approximate surface area is 172 Å². The first kappa shape index (κ1) is 23.4. The number of rotatable bonds is 10. The highest BCUT2D eigenvalue weighted by Gasteiger charge is 2.33. The van der Waals surface area contributed by atoms with E-state index >= 15 is 0 Å². The summed E-state index contributed by atoms with van der Waals surface area (Å²) in [6.45, 7) is 1.62. The number of anilines is 1. The number of aromatic nitrogens is 2. The molecule has 2 rings (SSSR count). The molecule has 1 fully saturated rings. The van der Waals surface area contributed by atoms with Crippen LogP contribution in [0.1, 0.15) is 13.2 Å². The maximum Gasteiger partial charge on any atom is 0.407 e. The fourth-order valence-electron chi connectivity index (χ4n) is 2.21. The van der Waals surface area contributed by atoms with E-state index in [1.165, 1.54) is 27.9 Å². The molecule has 0 bridgehead atoms. The minimum absolute atomic E-state index is 0.0292. The van der Waals surface area contributed by atoms with Crippen molar-refractivity contribution < 1.29 is 23.1 Å². The summed E-state index contributed by atoms with van der Waals surface area (Å²) in [7, 11) is 1.39. The SMILES string of the molecule is CNc1ccn([C@@H]2CS[C@H](COP(=O)(OCCSC(C)=O)N(C)C)O2)c(=O)n1. The lowest BCUT2D eigenvalue weighted by Gasteiger charge is -2.24. The highest BCUT2D eigenvalue weighted by atomic mass is 32.2. The predicted octanol–water partition coefficient (Wildman–Crippen LogP) is 1.86. The number of nitrogens with zero attached hydrogens (tertiary/aromatic N) is 3. The summed E-state index contributed by atoms with van der Waals surface area (Å²) in [4.78, 5) is 26.9. The smallest absolute Gasteiger partial charge is 0.373 e. The molecule has 0 amide bonds. The zero-order chi connectivity index (χ0) is 20.7. The molecule has 1 aromatic rings. The molecule has 158 valence electrons. The average molecular weight is 452 g/mol. The van der Waals surface area contributed by atoms with Crippen LogP contribution in [0.2, 0.25) is 0 Å². The molecule has 0 saturated carbocycles. The van der Waals surface area contributed by atoms with Crippen molar-refractivity contribution in [3.05, 3.63) is 22.7 Å². The first-order valence-electron chi connectivity index (χ1n) is 8.49. The van der Waals surface area contributed by atoms with E-state index in [0.717, 1.165) is 11.8 Å². The van der Waals surface area contributed by atoms with Crippen molar-refractivity contribution in [2.45, 2.75) is 18.6 Å². The summed E-state index contributed by atoms with van der Waals surface area (Å²) in [5, 5.41) is 2.78. The molecule has 1 aromatic heterocycles. The van der Waals surface area contributed by atoms with Crippen molar-refractivity contribution in [3.63, 3.8) is 0 Å². The number of hydrogen-bond acceptors (Lipinski definition) is 10. The van der Waals surface area contributed by atoms with Gasteiger partial charge in [-0.05, 0) is 20.2 Å². The van der Waals surface area contributed by atoms with Crippen molar-refractivity contribution in [1.82, 2.24) is 14.2 Å². The molecule has 1 saturated heterocycles. The molecule has 13 heteroatoms. The lowest BCUT2D eigenvalue weighted by atomic mass is 10.5. The third kappa shape index (κ3) is 6.58. The second-order valence-corrected chi connectivity index (χ2v) is 10.6. The fraction of sp³-hybridized carbons (Fsp3) is 0.667. The normalized spacial score (nSPS) is 21.6. The van der Waals surface area contributed by atoms with Crippen LogP contribution >= 0.6 is 31.3 Å². The molecule has 1 aliphatic heterocycles. The number of nitrogens with one attached hydrogen (secondary N) is 1. The Bertz CT molecular complexity index is 777. The van der Waals surface area contributed by atoms with E-state index in [4.69, 9.17) is 13.8 Å². The van der Waals surface area contributed by atoms with Crippen LogP contribution in [0.5, 0.6) is 0 Å². The van der Waals surface area contributed by atoms with Crippen molar-refractivity contribution in [2.75, 3.05) is 51.2 Å². The quantitative estimate of drug-likeness (QED) is 0.415. The summed E-state index contributed by atoms with van der Waals surface area (Å²) in [6, 6.07) is 1.69. The van der Waals surface area contributed by atoms with Crippen molar-refractivity contribution >= 4 is 42.2 Å². The minimum atomic E-state index is -3.49. The molecule has 1 N–H and O–H groups in total. The Morgan fingerprint density at radius 2 is 2.29 bits per heavy atom. The Hall–Kier alpha value is -0.880. The largest absolute Gasteiger partial charge is 0.407 e. The van der Waals surface area contributed by atoms with Crippen LogP contribution < -0.4 is 11.0 Å². The zero-order valence-electron chi connectivity index (χ0n) is 16.2. The van der Waals surface area contributed by atoms with Crippen molar-refractivity contribution in [3.8, 4) is 0 Å². The van der Waals surface area contributed by atoms with E-state index in [1.54, 1.807) is 33.4 Å². The molecule has 0 radical (unpaired) electrons. The number of ether oxygens (including phenoxy) is 1. The molecule has 28 heavy (non-hydrogen) atoms. The monoisotopic (exact) mass is 452 g/mol. The molecule has 10 nitrogen and oxygen atoms in total. The van der Waals surface area contributed by atoms with Gasteiger partial charge in [0.2, 0.25) is 0 Å². The van der Waals surface area contributed by atoms with Gasteiger partial charge in [-0.1, -0.05) is 11.8 Å². The van der Waals surface area contributed by atoms with Crippen LogP contribution in [-0.4, -0.2) is 70.6 Å². The highest BCUT2D eigenvalue weighted by Crippen LogP contribution is 2.51. The maximum absolute atomic E-state index is 12.8. The summed E-state index contributed by atoms with van der Waals surface area (Å²) in [5.74, 6) is 1.42. The minimum Gasteiger partial charge on any atom is -0.373 e. The second-order valence-electron chi connectivity index (χ2n) is 5.89. The molecule has 1 unspecified atom stereocenters. The van der Waals surface area contributed by atoms with Gasteiger partial charge < -0.3 is 10.1 Å². The van der Waals surface area contributed by atoms with E-state index in [-0.39, 0.29) is 18.3 Å². The van der Waals surface area contributed by atoms with E-state index < -0.39 is 25.1 Å². The summed E-state index contributed by atoms with van der Waals surface area (Å²) < 4.78 is 32.4. The van der Waals surface area contributed by atoms with Gasteiger partial charge in [0.1, 0.15) is 17.5 Å². The van der Waals surface area contributed by atoms with Crippen LogP contribution in [0.4, 0.5) is 5.82 Å². The second kappa shape index (κ2) is 10.8. The summed E-state index contributed by atoms with van der Waals surface area (Å²) in [6.07, 6.45) is 1.15. The van der Waals surface area contributed by atoms with Crippen LogP contribution in [0, 0.1) is 0 Å². The molecular weight excluding hydrogens is 427 g/mol. The molecule has 0 aromatic carbocycles. The van der Waals surface area contributed by atoms with Crippen LogP contribution in [0.25, 0.3) is 0 Å². The van der Waals surface area contributed by atoms with Gasteiger partial charge in [0.05, 0.1) is 13.2 Å². The number of carbonyl (C=O) groups is 1. The lowest BCUT2D eigenvalue weighted by Crippen LogP contribution is -2.28.